The summed E-state index contributed by atoms with van der Waals surface area (Å²) in [5.41, 5.74) is 1.70. The molecule has 86 valence electrons. The van der Waals surface area contributed by atoms with Crippen LogP contribution in [0.5, 0.6) is 5.75 Å². The number of carbonyl (C=O) groups is 1. The maximum Gasteiger partial charge on any atom is 0.165 e. The number of carbonyl (C=O) groups excluding carboxylic acids is 1. The van der Waals surface area contributed by atoms with E-state index in [2.05, 4.69) is 4.98 Å². The Hall–Kier alpha value is -2.23. The third-order valence-electron chi connectivity index (χ3n) is 2.44. The van der Waals surface area contributed by atoms with E-state index < -0.39 is 5.82 Å². The van der Waals surface area contributed by atoms with Crippen LogP contribution in [-0.4, -0.2) is 18.4 Å². The lowest BCUT2D eigenvalue weighted by Gasteiger charge is -2.06. The largest absolute Gasteiger partial charge is 0.494 e. The zero-order chi connectivity index (χ0) is 12.3. The van der Waals surface area contributed by atoms with Crippen molar-refractivity contribution in [3.8, 4) is 16.9 Å². The van der Waals surface area contributed by atoms with E-state index in [0.29, 0.717) is 23.0 Å². The van der Waals surface area contributed by atoms with Gasteiger partial charge in [0.25, 0.3) is 0 Å². The van der Waals surface area contributed by atoms with E-state index in [1.54, 1.807) is 18.3 Å². The first-order valence-corrected chi connectivity index (χ1v) is 4.99. The minimum atomic E-state index is -0.460. The zero-order valence-corrected chi connectivity index (χ0v) is 9.18. The Morgan fingerprint density at radius 1 is 1.35 bits per heavy atom. The average molecular weight is 231 g/mol. The summed E-state index contributed by atoms with van der Waals surface area (Å²) in [4.78, 5) is 14.7. The molecule has 1 heterocycles. The van der Waals surface area contributed by atoms with E-state index in [4.69, 9.17) is 4.74 Å². The van der Waals surface area contributed by atoms with Gasteiger partial charge in [0.15, 0.2) is 17.9 Å². The summed E-state index contributed by atoms with van der Waals surface area (Å²) in [5, 5.41) is 0. The second kappa shape index (κ2) is 4.74. The van der Waals surface area contributed by atoms with Crippen LogP contribution in [0.25, 0.3) is 11.1 Å². The summed E-state index contributed by atoms with van der Waals surface area (Å²) in [5.74, 6) is -0.283. The molecule has 1 aromatic heterocycles. The SMILES string of the molecule is COc1ccc(-c2ccncc2C=O)cc1F. The molecule has 0 N–H and O–H groups in total. The first-order valence-electron chi connectivity index (χ1n) is 4.99. The van der Waals surface area contributed by atoms with Crippen molar-refractivity contribution in [2.24, 2.45) is 0 Å². The van der Waals surface area contributed by atoms with Crippen molar-refractivity contribution in [2.75, 3.05) is 7.11 Å². The van der Waals surface area contributed by atoms with Crippen molar-refractivity contribution in [1.29, 1.82) is 0 Å². The van der Waals surface area contributed by atoms with E-state index in [1.165, 1.54) is 25.4 Å². The van der Waals surface area contributed by atoms with Crippen molar-refractivity contribution in [1.82, 2.24) is 4.98 Å². The van der Waals surface area contributed by atoms with Crippen LogP contribution >= 0.6 is 0 Å². The maximum atomic E-state index is 13.5. The Bertz CT molecular complexity index is 555. The Kier molecular flexibility index (Phi) is 3.14. The van der Waals surface area contributed by atoms with Gasteiger partial charge in [-0.15, -0.1) is 0 Å². The second-order valence-corrected chi connectivity index (χ2v) is 3.43. The van der Waals surface area contributed by atoms with Crippen LogP contribution in [0.1, 0.15) is 10.4 Å². The lowest BCUT2D eigenvalue weighted by Crippen LogP contribution is -1.92. The molecule has 0 saturated carbocycles. The predicted molar refractivity (Wildman–Crippen MR) is 61.6 cm³/mol. The van der Waals surface area contributed by atoms with Gasteiger partial charge in [0, 0.05) is 18.0 Å². The van der Waals surface area contributed by atoms with Crippen molar-refractivity contribution in [3.05, 3.63) is 48.0 Å². The van der Waals surface area contributed by atoms with Gasteiger partial charge in [-0.1, -0.05) is 6.07 Å². The third-order valence-corrected chi connectivity index (χ3v) is 2.44. The lowest BCUT2D eigenvalue weighted by atomic mass is 10.0. The van der Waals surface area contributed by atoms with Crippen molar-refractivity contribution in [3.63, 3.8) is 0 Å². The van der Waals surface area contributed by atoms with Crippen molar-refractivity contribution < 1.29 is 13.9 Å². The molecule has 17 heavy (non-hydrogen) atoms. The fourth-order valence-electron chi connectivity index (χ4n) is 1.60. The first kappa shape index (κ1) is 11.3. The van der Waals surface area contributed by atoms with Crippen molar-refractivity contribution in [2.45, 2.75) is 0 Å². The summed E-state index contributed by atoms with van der Waals surface area (Å²) >= 11 is 0. The quantitative estimate of drug-likeness (QED) is 0.762. The number of rotatable bonds is 3. The fourth-order valence-corrected chi connectivity index (χ4v) is 1.60. The molecule has 0 saturated heterocycles. The molecule has 0 amide bonds. The van der Waals surface area contributed by atoms with E-state index in [-0.39, 0.29) is 5.75 Å². The molecule has 2 rings (SSSR count). The third kappa shape index (κ3) is 2.15. The van der Waals surface area contributed by atoms with Crippen LogP contribution in [-0.2, 0) is 0 Å². The lowest BCUT2D eigenvalue weighted by molar-refractivity contribution is 0.112. The van der Waals surface area contributed by atoms with Crippen LogP contribution in [0.15, 0.2) is 36.7 Å². The van der Waals surface area contributed by atoms with Gasteiger partial charge in [0.1, 0.15) is 0 Å². The number of halogens is 1. The number of hydrogen-bond donors (Lipinski definition) is 0. The summed E-state index contributed by atoms with van der Waals surface area (Å²) in [6.45, 7) is 0. The average Bonchev–Trinajstić information content (AvgIpc) is 2.38. The summed E-state index contributed by atoms with van der Waals surface area (Å²) < 4.78 is 18.4. The van der Waals surface area contributed by atoms with E-state index in [0.717, 1.165) is 0 Å². The highest BCUT2D eigenvalue weighted by Crippen LogP contribution is 2.26. The number of benzene rings is 1. The molecule has 0 spiro atoms. The van der Waals surface area contributed by atoms with Gasteiger partial charge < -0.3 is 4.74 Å². The van der Waals surface area contributed by atoms with Gasteiger partial charge >= 0.3 is 0 Å². The molecule has 4 heteroatoms. The molecular formula is C13H10FNO2. The summed E-state index contributed by atoms with van der Waals surface area (Å²) in [6.07, 6.45) is 3.71. The molecule has 2 aromatic rings. The second-order valence-electron chi connectivity index (χ2n) is 3.43. The van der Waals surface area contributed by atoms with Gasteiger partial charge in [0.05, 0.1) is 7.11 Å². The highest BCUT2D eigenvalue weighted by atomic mass is 19.1. The minimum Gasteiger partial charge on any atom is -0.494 e. The number of aldehydes is 1. The molecular weight excluding hydrogens is 221 g/mol. The van der Waals surface area contributed by atoms with Crippen LogP contribution < -0.4 is 4.74 Å². The Morgan fingerprint density at radius 3 is 2.82 bits per heavy atom. The van der Waals surface area contributed by atoms with Gasteiger partial charge in [-0.25, -0.2) is 4.39 Å². The molecule has 0 fully saturated rings. The maximum absolute atomic E-state index is 13.5. The van der Waals surface area contributed by atoms with E-state index in [1.807, 2.05) is 0 Å². The number of methoxy groups -OCH3 is 1. The van der Waals surface area contributed by atoms with E-state index >= 15 is 0 Å². The highest BCUT2D eigenvalue weighted by Gasteiger charge is 2.08. The number of nitrogens with zero attached hydrogens (tertiary/aromatic N) is 1. The van der Waals surface area contributed by atoms with Crippen molar-refractivity contribution >= 4 is 6.29 Å². The number of ether oxygens (including phenoxy) is 1. The topological polar surface area (TPSA) is 39.2 Å². The first-order chi connectivity index (χ1) is 8.26. The molecule has 0 unspecified atom stereocenters. The predicted octanol–water partition coefficient (Wildman–Crippen LogP) is 2.71. The van der Waals surface area contributed by atoms with Crippen LogP contribution in [0.4, 0.5) is 4.39 Å². The molecule has 3 nitrogen and oxygen atoms in total. The molecule has 0 radical (unpaired) electrons. The standard InChI is InChI=1S/C13H10FNO2/c1-17-13-3-2-9(6-12(13)14)11-4-5-15-7-10(11)8-16/h2-8H,1H3. The van der Waals surface area contributed by atoms with Crippen LogP contribution in [0, 0.1) is 5.82 Å². The van der Waals surface area contributed by atoms with Gasteiger partial charge in [-0.3, -0.25) is 9.78 Å². The summed E-state index contributed by atoms with van der Waals surface area (Å²) in [7, 11) is 1.40. The number of aromatic nitrogens is 1. The monoisotopic (exact) mass is 231 g/mol. The Balaban J connectivity index is 2.53. The summed E-state index contributed by atoms with van der Waals surface area (Å²) in [6, 6.07) is 6.23. The number of pyridine rings is 1. The molecule has 1 aromatic carbocycles. The van der Waals surface area contributed by atoms with Gasteiger partial charge in [-0.05, 0) is 29.3 Å². The smallest absolute Gasteiger partial charge is 0.165 e. The molecule has 0 aliphatic heterocycles. The van der Waals surface area contributed by atoms with Crippen LogP contribution in [0.3, 0.4) is 0 Å². The molecule has 0 aliphatic rings. The molecule has 0 atom stereocenters. The molecule has 0 bridgehead atoms. The minimum absolute atomic E-state index is 0.176. The highest BCUT2D eigenvalue weighted by molar-refractivity contribution is 5.87. The Morgan fingerprint density at radius 2 is 2.18 bits per heavy atom. The fraction of sp³-hybridized carbons (Fsp3) is 0.0769. The molecule has 0 aliphatic carbocycles. The normalized spacial score (nSPS) is 10.0. The van der Waals surface area contributed by atoms with Gasteiger partial charge in [-0.2, -0.15) is 0 Å². The zero-order valence-electron chi connectivity index (χ0n) is 9.18. The van der Waals surface area contributed by atoms with Gasteiger partial charge in [0.2, 0.25) is 0 Å². The Labute approximate surface area is 97.9 Å². The number of hydrogen-bond acceptors (Lipinski definition) is 3. The van der Waals surface area contributed by atoms with Crippen LogP contribution in [0.2, 0.25) is 0 Å². The van der Waals surface area contributed by atoms with E-state index in [9.17, 15) is 9.18 Å².